The second-order valence-electron chi connectivity index (χ2n) is 6.94. The van der Waals surface area contributed by atoms with E-state index in [0.29, 0.717) is 5.92 Å². The van der Waals surface area contributed by atoms with E-state index in [-0.39, 0.29) is 6.04 Å². The van der Waals surface area contributed by atoms with Crippen LogP contribution in [0.1, 0.15) is 44.9 Å². The summed E-state index contributed by atoms with van der Waals surface area (Å²) in [6.45, 7) is 0. The molecule has 2 aromatic rings. The minimum Gasteiger partial charge on any atom is -0.387 e. The lowest BCUT2D eigenvalue weighted by molar-refractivity contribution is -0.0835. The monoisotopic (exact) mass is 296 g/mol. The zero-order valence-electron chi connectivity index (χ0n) is 13.0. The van der Waals surface area contributed by atoms with E-state index in [2.05, 4.69) is 28.5 Å². The maximum atomic E-state index is 11.3. The number of rotatable bonds is 2. The van der Waals surface area contributed by atoms with E-state index in [1.807, 2.05) is 18.3 Å². The highest BCUT2D eigenvalue weighted by atomic mass is 16.3. The van der Waals surface area contributed by atoms with Crippen molar-refractivity contribution in [1.29, 1.82) is 0 Å². The van der Waals surface area contributed by atoms with Gasteiger partial charge in [-0.15, -0.1) is 0 Å². The van der Waals surface area contributed by atoms with Crippen LogP contribution in [-0.4, -0.2) is 21.7 Å². The van der Waals surface area contributed by atoms with Crippen molar-refractivity contribution in [2.45, 2.75) is 56.6 Å². The van der Waals surface area contributed by atoms with E-state index in [4.69, 9.17) is 0 Å². The molecule has 2 aliphatic rings. The first kappa shape index (κ1) is 14.0. The Morgan fingerprint density at radius 2 is 1.91 bits per heavy atom. The first-order chi connectivity index (χ1) is 10.8. The zero-order valence-corrected chi connectivity index (χ0v) is 13.0. The summed E-state index contributed by atoms with van der Waals surface area (Å²) in [6, 6.07) is 10.5. The van der Waals surface area contributed by atoms with E-state index >= 15 is 0 Å². The van der Waals surface area contributed by atoms with Gasteiger partial charge >= 0.3 is 0 Å². The van der Waals surface area contributed by atoms with Gasteiger partial charge in [0.2, 0.25) is 0 Å². The number of aliphatic hydroxyl groups is 1. The molecule has 4 rings (SSSR count). The third kappa shape index (κ3) is 2.28. The molecule has 3 nitrogen and oxygen atoms in total. The molecule has 0 amide bonds. The molecular weight excluding hydrogens is 272 g/mol. The first-order valence-electron chi connectivity index (χ1n) is 8.60. The zero-order chi connectivity index (χ0) is 15.0. The number of hydrogen-bond donors (Lipinski definition) is 2. The molecule has 2 aliphatic carbocycles. The molecule has 0 aliphatic heterocycles. The van der Waals surface area contributed by atoms with Crippen LogP contribution >= 0.6 is 0 Å². The molecule has 116 valence electrons. The van der Waals surface area contributed by atoms with Gasteiger partial charge in [0.05, 0.1) is 11.6 Å². The van der Waals surface area contributed by atoms with Crippen molar-refractivity contribution in [2.75, 3.05) is 5.32 Å². The first-order valence-corrected chi connectivity index (χ1v) is 8.60. The number of anilines is 1. The van der Waals surface area contributed by atoms with Gasteiger partial charge in [0, 0.05) is 11.6 Å². The average molecular weight is 296 g/mol. The highest BCUT2D eigenvalue weighted by Crippen LogP contribution is 2.45. The predicted octanol–water partition coefficient (Wildman–Crippen LogP) is 4.12. The van der Waals surface area contributed by atoms with Gasteiger partial charge < -0.3 is 10.4 Å². The molecule has 1 heterocycles. The van der Waals surface area contributed by atoms with Crippen molar-refractivity contribution in [2.24, 2.45) is 5.92 Å². The maximum absolute atomic E-state index is 11.3. The minimum absolute atomic E-state index is 0.129. The second kappa shape index (κ2) is 5.54. The fourth-order valence-corrected chi connectivity index (χ4v) is 4.52. The van der Waals surface area contributed by atoms with Gasteiger partial charge in [-0.1, -0.05) is 43.5 Å². The van der Waals surface area contributed by atoms with Gasteiger partial charge in [0.25, 0.3) is 0 Å². The maximum Gasteiger partial charge on any atom is 0.134 e. The van der Waals surface area contributed by atoms with Crippen molar-refractivity contribution < 1.29 is 5.11 Å². The summed E-state index contributed by atoms with van der Waals surface area (Å²) in [5.41, 5.74) is -0.547. The second-order valence-corrected chi connectivity index (χ2v) is 6.94. The lowest BCUT2D eigenvalue weighted by Crippen LogP contribution is -2.56. The number of pyridine rings is 1. The molecule has 3 atom stereocenters. The number of nitrogens with zero attached hydrogens (tertiary/aromatic N) is 1. The molecule has 2 saturated carbocycles. The summed E-state index contributed by atoms with van der Waals surface area (Å²) in [5.74, 6) is 1.38. The fraction of sp³-hybridized carbons (Fsp3) is 0.526. The van der Waals surface area contributed by atoms with Crippen molar-refractivity contribution in [3.63, 3.8) is 0 Å². The van der Waals surface area contributed by atoms with Crippen LogP contribution in [0, 0.1) is 5.92 Å². The van der Waals surface area contributed by atoms with Crippen LogP contribution in [0.5, 0.6) is 0 Å². The summed E-state index contributed by atoms with van der Waals surface area (Å²) in [6.07, 6.45) is 9.80. The summed E-state index contributed by atoms with van der Waals surface area (Å²) in [4.78, 5) is 4.55. The lowest BCUT2D eigenvalue weighted by Gasteiger charge is -2.49. The summed E-state index contributed by atoms with van der Waals surface area (Å²) in [7, 11) is 0. The third-order valence-corrected chi connectivity index (χ3v) is 5.72. The van der Waals surface area contributed by atoms with E-state index in [1.54, 1.807) is 0 Å². The Kier molecular flexibility index (Phi) is 3.53. The molecular formula is C19H24N2O. The Morgan fingerprint density at radius 1 is 1.05 bits per heavy atom. The molecule has 0 radical (unpaired) electrons. The molecule has 3 heteroatoms. The van der Waals surface area contributed by atoms with Crippen LogP contribution in [-0.2, 0) is 0 Å². The molecule has 22 heavy (non-hydrogen) atoms. The normalized spacial score (nSPS) is 31.7. The molecule has 2 fully saturated rings. The van der Waals surface area contributed by atoms with Crippen molar-refractivity contribution in [1.82, 2.24) is 4.98 Å². The Balaban J connectivity index is 1.66. The highest BCUT2D eigenvalue weighted by molar-refractivity contribution is 5.91. The van der Waals surface area contributed by atoms with Crippen LogP contribution < -0.4 is 5.32 Å². The van der Waals surface area contributed by atoms with Gasteiger partial charge in [-0.25, -0.2) is 4.98 Å². The quantitative estimate of drug-likeness (QED) is 0.876. The topological polar surface area (TPSA) is 45.1 Å². The Labute approximate surface area is 131 Å². The van der Waals surface area contributed by atoms with Crippen LogP contribution in [0.25, 0.3) is 10.8 Å². The van der Waals surface area contributed by atoms with Gasteiger partial charge in [-0.2, -0.15) is 0 Å². The van der Waals surface area contributed by atoms with Crippen LogP contribution in [0.2, 0.25) is 0 Å². The molecule has 1 unspecified atom stereocenters. The number of fused-ring (bicyclic) bond motifs is 2. The Bertz CT molecular complexity index is 664. The SMILES string of the molecule is O[C@]12CCCC[C@@H]1CCCC2Nc1nccc2ccccc12. The van der Waals surface area contributed by atoms with E-state index in [0.717, 1.165) is 30.5 Å². The predicted molar refractivity (Wildman–Crippen MR) is 89.9 cm³/mol. The van der Waals surface area contributed by atoms with Crippen molar-refractivity contribution in [3.8, 4) is 0 Å². The standard InChI is InChI=1S/C19H24N2O/c22-19-12-4-3-7-15(19)8-5-10-17(19)21-18-16-9-2-1-6-14(16)11-13-20-18/h1-2,6,9,11,13,15,17,22H,3-5,7-8,10,12H2,(H,20,21)/t15-,17?,19-/m1/s1. The molecule has 0 spiro atoms. The molecule has 1 aromatic heterocycles. The Morgan fingerprint density at radius 3 is 2.86 bits per heavy atom. The smallest absolute Gasteiger partial charge is 0.134 e. The number of aromatic nitrogens is 1. The fourth-order valence-electron chi connectivity index (χ4n) is 4.52. The van der Waals surface area contributed by atoms with Crippen molar-refractivity contribution in [3.05, 3.63) is 36.5 Å². The molecule has 1 aromatic carbocycles. The number of benzene rings is 1. The van der Waals surface area contributed by atoms with E-state index in [1.165, 1.54) is 31.1 Å². The number of hydrogen-bond acceptors (Lipinski definition) is 3. The van der Waals surface area contributed by atoms with E-state index in [9.17, 15) is 5.11 Å². The van der Waals surface area contributed by atoms with Crippen molar-refractivity contribution >= 4 is 16.6 Å². The Hall–Kier alpha value is -1.61. The highest BCUT2D eigenvalue weighted by Gasteiger charge is 2.47. The minimum atomic E-state index is -0.547. The van der Waals surface area contributed by atoms with Gasteiger partial charge in [-0.05, 0) is 43.1 Å². The largest absolute Gasteiger partial charge is 0.387 e. The van der Waals surface area contributed by atoms with Crippen LogP contribution in [0.15, 0.2) is 36.5 Å². The van der Waals surface area contributed by atoms with E-state index < -0.39 is 5.60 Å². The average Bonchev–Trinajstić information content (AvgIpc) is 2.56. The third-order valence-electron chi connectivity index (χ3n) is 5.72. The van der Waals surface area contributed by atoms with Crippen LogP contribution in [0.3, 0.4) is 0 Å². The van der Waals surface area contributed by atoms with Gasteiger partial charge in [-0.3, -0.25) is 0 Å². The summed E-state index contributed by atoms with van der Waals surface area (Å²) in [5, 5.41) is 17.2. The molecule has 0 saturated heterocycles. The molecule has 2 N–H and O–H groups in total. The lowest BCUT2D eigenvalue weighted by atomic mass is 9.65. The summed E-state index contributed by atoms with van der Waals surface area (Å²) < 4.78 is 0. The molecule has 0 bridgehead atoms. The van der Waals surface area contributed by atoms with Crippen LogP contribution in [0.4, 0.5) is 5.82 Å². The van der Waals surface area contributed by atoms with Gasteiger partial charge in [0.15, 0.2) is 0 Å². The van der Waals surface area contributed by atoms with Gasteiger partial charge in [0.1, 0.15) is 5.82 Å². The summed E-state index contributed by atoms with van der Waals surface area (Å²) >= 11 is 0. The number of nitrogens with one attached hydrogen (secondary N) is 1.